The van der Waals surface area contributed by atoms with Crippen molar-refractivity contribution in [3.8, 4) is 0 Å². The number of anilines is 1. The molecule has 2 atom stereocenters. The van der Waals surface area contributed by atoms with Gasteiger partial charge in [0, 0.05) is 30.7 Å². The topological polar surface area (TPSA) is 122 Å². The Balaban J connectivity index is 1.61. The van der Waals surface area contributed by atoms with Crippen molar-refractivity contribution in [2.75, 3.05) is 18.4 Å². The molecule has 0 spiro atoms. The summed E-state index contributed by atoms with van der Waals surface area (Å²) in [7, 11) is -7.04. The fourth-order valence-electron chi connectivity index (χ4n) is 4.30. The van der Waals surface area contributed by atoms with Crippen LogP contribution in [-0.4, -0.2) is 63.6 Å². The summed E-state index contributed by atoms with van der Waals surface area (Å²) in [5, 5.41) is 2.35. The zero-order chi connectivity index (χ0) is 24.4. The van der Waals surface area contributed by atoms with Gasteiger partial charge in [-0.25, -0.2) is 21.6 Å². The van der Waals surface area contributed by atoms with E-state index in [4.69, 9.17) is 4.74 Å². The van der Waals surface area contributed by atoms with Crippen LogP contribution in [0.15, 0.2) is 29.2 Å². The molecule has 2 aliphatic rings. The van der Waals surface area contributed by atoms with Gasteiger partial charge in [0.25, 0.3) is 0 Å². The smallest absolute Gasteiger partial charge is 0.243 e. The van der Waals surface area contributed by atoms with Gasteiger partial charge in [-0.3, -0.25) is 4.79 Å². The van der Waals surface area contributed by atoms with E-state index < -0.39 is 25.3 Å². The Bertz CT molecular complexity index is 1040. The van der Waals surface area contributed by atoms with Crippen LogP contribution in [0.2, 0.25) is 0 Å². The van der Waals surface area contributed by atoms with Crippen molar-refractivity contribution in [3.05, 3.63) is 24.3 Å². The summed E-state index contributed by atoms with van der Waals surface area (Å²) in [5.41, 5.74) is 0.429. The van der Waals surface area contributed by atoms with Crippen LogP contribution in [0.25, 0.3) is 0 Å². The van der Waals surface area contributed by atoms with Crippen LogP contribution in [-0.2, 0) is 29.6 Å². The molecule has 33 heavy (non-hydrogen) atoms. The van der Waals surface area contributed by atoms with E-state index in [9.17, 15) is 21.6 Å². The Labute approximate surface area is 197 Å². The summed E-state index contributed by atoms with van der Waals surface area (Å²) in [6, 6.07) is 6.15. The van der Waals surface area contributed by atoms with Crippen LogP contribution in [0.1, 0.15) is 53.4 Å². The Kier molecular flexibility index (Phi) is 8.21. The number of nitrogens with zero attached hydrogens (tertiary/aromatic N) is 1. The molecule has 1 aromatic carbocycles. The van der Waals surface area contributed by atoms with Gasteiger partial charge >= 0.3 is 0 Å². The minimum absolute atomic E-state index is 0.133. The summed E-state index contributed by atoms with van der Waals surface area (Å²) in [6.07, 6.45) is 1.94. The van der Waals surface area contributed by atoms with E-state index in [0.717, 1.165) is 0 Å². The number of carbonyl (C=O) groups excluding carboxylic acids is 1. The predicted octanol–water partition coefficient (Wildman–Crippen LogP) is 2.31. The molecule has 0 aromatic heterocycles. The molecule has 2 N–H and O–H groups in total. The number of carbonyl (C=O) groups is 1. The van der Waals surface area contributed by atoms with Crippen LogP contribution in [0.5, 0.6) is 0 Å². The highest BCUT2D eigenvalue weighted by atomic mass is 32.2. The Morgan fingerprint density at radius 2 is 1.64 bits per heavy atom. The third kappa shape index (κ3) is 6.54. The van der Waals surface area contributed by atoms with Crippen molar-refractivity contribution in [2.45, 2.75) is 81.8 Å². The summed E-state index contributed by atoms with van der Waals surface area (Å²) < 4.78 is 60.2. The molecule has 0 unspecified atom stereocenters. The third-order valence-corrected chi connectivity index (χ3v) is 9.91. The van der Waals surface area contributed by atoms with Gasteiger partial charge in [0.15, 0.2) is 0 Å². The van der Waals surface area contributed by atoms with Crippen molar-refractivity contribution < 1.29 is 26.4 Å². The van der Waals surface area contributed by atoms with E-state index in [1.807, 2.05) is 13.8 Å². The molecule has 0 bridgehead atoms. The zero-order valence-corrected chi connectivity index (χ0v) is 21.3. The largest absolute Gasteiger partial charge is 0.373 e. The molecule has 11 heteroatoms. The Hall–Kier alpha value is -1.53. The lowest BCUT2D eigenvalue weighted by Gasteiger charge is -2.34. The molecular weight excluding hydrogens is 466 g/mol. The van der Waals surface area contributed by atoms with Crippen molar-refractivity contribution in [1.82, 2.24) is 9.03 Å². The molecule has 2 fully saturated rings. The fourth-order valence-corrected chi connectivity index (χ4v) is 6.91. The van der Waals surface area contributed by atoms with Crippen molar-refractivity contribution in [1.29, 1.82) is 0 Å². The number of benzene rings is 1. The summed E-state index contributed by atoms with van der Waals surface area (Å²) >= 11 is 0. The first-order chi connectivity index (χ1) is 15.4. The third-order valence-electron chi connectivity index (χ3n) is 6.17. The highest BCUT2D eigenvalue weighted by Crippen LogP contribution is 2.28. The number of amides is 1. The normalized spacial score (nSPS) is 27.4. The molecule has 0 radical (unpaired) electrons. The minimum atomic E-state index is -3.71. The number of sulfonamides is 2. The average Bonchev–Trinajstić information content (AvgIpc) is 2.73. The number of ether oxygens (including phenoxy) is 1. The molecule has 1 aliphatic heterocycles. The molecule has 1 saturated carbocycles. The number of rotatable bonds is 7. The molecule has 1 heterocycles. The van der Waals surface area contributed by atoms with Gasteiger partial charge in [-0.2, -0.15) is 4.31 Å². The van der Waals surface area contributed by atoms with Gasteiger partial charge in [-0.05, 0) is 71.6 Å². The first-order valence-electron chi connectivity index (χ1n) is 11.5. The summed E-state index contributed by atoms with van der Waals surface area (Å²) in [4.78, 5) is 12.9. The van der Waals surface area contributed by atoms with Gasteiger partial charge in [0.05, 0.1) is 22.4 Å². The van der Waals surface area contributed by atoms with Gasteiger partial charge in [0.1, 0.15) is 0 Å². The van der Waals surface area contributed by atoms with Gasteiger partial charge in [-0.1, -0.05) is 6.07 Å². The van der Waals surface area contributed by atoms with Crippen LogP contribution in [0.4, 0.5) is 5.69 Å². The highest BCUT2D eigenvalue weighted by Gasteiger charge is 2.33. The second-order valence-electron chi connectivity index (χ2n) is 9.36. The number of morpholine rings is 1. The number of hydrogen-bond acceptors (Lipinski definition) is 6. The van der Waals surface area contributed by atoms with E-state index >= 15 is 0 Å². The van der Waals surface area contributed by atoms with Crippen LogP contribution >= 0.6 is 0 Å². The molecular formula is C22H35N3O6S2. The molecule has 1 aliphatic carbocycles. The second kappa shape index (κ2) is 10.4. The van der Waals surface area contributed by atoms with Crippen LogP contribution in [0.3, 0.4) is 0 Å². The maximum atomic E-state index is 13.1. The second-order valence-corrected chi connectivity index (χ2v) is 13.6. The lowest BCUT2D eigenvalue weighted by atomic mass is 9.86. The zero-order valence-electron chi connectivity index (χ0n) is 19.7. The van der Waals surface area contributed by atoms with Crippen LogP contribution in [0, 0.1) is 5.92 Å². The summed E-state index contributed by atoms with van der Waals surface area (Å²) in [5.74, 6) is -0.422. The molecule has 1 aromatic rings. The van der Waals surface area contributed by atoms with E-state index in [2.05, 4.69) is 10.0 Å². The lowest BCUT2D eigenvalue weighted by molar-refractivity contribution is -0.120. The van der Waals surface area contributed by atoms with Crippen molar-refractivity contribution in [3.63, 3.8) is 0 Å². The first kappa shape index (κ1) is 26.1. The number of hydrogen-bond donors (Lipinski definition) is 2. The quantitative estimate of drug-likeness (QED) is 0.591. The maximum absolute atomic E-state index is 13.1. The monoisotopic (exact) mass is 501 g/mol. The van der Waals surface area contributed by atoms with E-state index in [1.54, 1.807) is 26.0 Å². The lowest BCUT2D eigenvalue weighted by Crippen LogP contribution is -2.48. The first-order valence-corrected chi connectivity index (χ1v) is 14.4. The Morgan fingerprint density at radius 3 is 2.21 bits per heavy atom. The van der Waals surface area contributed by atoms with Crippen molar-refractivity contribution in [2.24, 2.45) is 5.92 Å². The minimum Gasteiger partial charge on any atom is -0.373 e. The fraction of sp³-hybridized carbons (Fsp3) is 0.682. The van der Waals surface area contributed by atoms with E-state index in [1.165, 1.54) is 16.4 Å². The maximum Gasteiger partial charge on any atom is 0.243 e. The number of nitrogens with one attached hydrogen (secondary N) is 2. The van der Waals surface area contributed by atoms with E-state index in [-0.39, 0.29) is 48.1 Å². The molecule has 1 saturated heterocycles. The van der Waals surface area contributed by atoms with E-state index in [0.29, 0.717) is 31.4 Å². The SMILES string of the molecule is CC(C)S(=O)(=O)NC1CCC(C(=O)Nc2cccc(S(=O)(=O)N3C[C@@H](C)O[C@@H](C)C3)c2)CC1. The van der Waals surface area contributed by atoms with Gasteiger partial charge < -0.3 is 10.1 Å². The molecule has 3 rings (SSSR count). The molecule has 9 nitrogen and oxygen atoms in total. The van der Waals surface area contributed by atoms with Gasteiger partial charge in [0.2, 0.25) is 26.0 Å². The highest BCUT2D eigenvalue weighted by molar-refractivity contribution is 7.90. The van der Waals surface area contributed by atoms with Gasteiger partial charge in [-0.15, -0.1) is 0 Å². The standard InChI is InChI=1S/C22H35N3O6S2/c1-15(2)32(27,28)24-19-10-8-18(9-11-19)22(26)23-20-6-5-7-21(12-20)33(29,30)25-13-16(3)31-17(4)14-25/h5-7,12,15-19,24H,8-11,13-14H2,1-4H3,(H,23,26)/t16-,17+,18?,19?. The Morgan fingerprint density at radius 1 is 1.03 bits per heavy atom. The molecule has 1 amide bonds. The molecule has 186 valence electrons. The summed E-state index contributed by atoms with van der Waals surface area (Å²) in [6.45, 7) is 7.53. The predicted molar refractivity (Wildman–Crippen MR) is 127 cm³/mol. The van der Waals surface area contributed by atoms with Crippen LogP contribution < -0.4 is 10.0 Å². The average molecular weight is 502 g/mol. The van der Waals surface area contributed by atoms with Crippen molar-refractivity contribution >= 4 is 31.6 Å².